The summed E-state index contributed by atoms with van der Waals surface area (Å²) in [6, 6.07) is 8.02. The van der Waals surface area contributed by atoms with Crippen molar-refractivity contribution in [2.75, 3.05) is 0 Å². The highest BCUT2D eigenvalue weighted by Crippen LogP contribution is 2.27. The summed E-state index contributed by atoms with van der Waals surface area (Å²) in [7, 11) is 0. The van der Waals surface area contributed by atoms with Gasteiger partial charge in [-0.2, -0.15) is 0 Å². The van der Waals surface area contributed by atoms with Crippen LogP contribution in [-0.4, -0.2) is 4.98 Å². The van der Waals surface area contributed by atoms with E-state index >= 15 is 0 Å². The summed E-state index contributed by atoms with van der Waals surface area (Å²) in [6.45, 7) is 0. The van der Waals surface area contributed by atoms with Gasteiger partial charge in [-0.1, -0.05) is 6.07 Å². The molecule has 3 heteroatoms. The minimum absolute atomic E-state index is 1.01. The van der Waals surface area contributed by atoms with Gasteiger partial charge < -0.3 is 0 Å². The van der Waals surface area contributed by atoms with Crippen LogP contribution in [0.4, 0.5) is 0 Å². The number of rotatable bonds is 0. The molecule has 0 saturated carbocycles. The number of nitrogens with zero attached hydrogens (tertiary/aromatic N) is 1. The van der Waals surface area contributed by atoms with Gasteiger partial charge in [0.05, 0.1) is 5.52 Å². The zero-order chi connectivity index (χ0) is 8.55. The number of hydrogen-bond donors (Lipinski definition) is 0. The molecule has 0 radical (unpaired) electrons. The summed E-state index contributed by atoms with van der Waals surface area (Å²) >= 11 is 6.87. The summed E-state index contributed by atoms with van der Waals surface area (Å²) in [6.07, 6.45) is 1.79. The van der Waals surface area contributed by atoms with Gasteiger partial charge in [-0.15, -0.1) is 0 Å². The van der Waals surface area contributed by atoms with Gasteiger partial charge >= 0.3 is 0 Å². The number of fused-ring (bicyclic) bond motifs is 1. The molecular formula is C9H5Br2N. The molecule has 0 aliphatic carbocycles. The lowest BCUT2D eigenvalue weighted by Crippen LogP contribution is -1.78. The third-order valence-electron chi connectivity index (χ3n) is 1.65. The average Bonchev–Trinajstić information content (AvgIpc) is 2.07. The Bertz CT molecular complexity index is 385. The first-order valence-electron chi connectivity index (χ1n) is 3.47. The molecule has 2 aromatic rings. The Kier molecular flexibility index (Phi) is 2.15. The van der Waals surface area contributed by atoms with Crippen molar-refractivity contribution in [3.05, 3.63) is 39.4 Å². The van der Waals surface area contributed by atoms with Crippen molar-refractivity contribution >= 4 is 42.8 Å². The van der Waals surface area contributed by atoms with Gasteiger partial charge in [-0.25, -0.2) is 0 Å². The molecule has 0 atom stereocenters. The van der Waals surface area contributed by atoms with Gasteiger partial charge in [0.1, 0.15) is 0 Å². The number of pyridine rings is 1. The van der Waals surface area contributed by atoms with Crippen molar-refractivity contribution in [2.45, 2.75) is 0 Å². The molecule has 0 saturated heterocycles. The minimum Gasteiger partial charge on any atom is -0.256 e. The first-order chi connectivity index (χ1) is 5.77. The molecule has 0 unspecified atom stereocenters. The molecule has 2 rings (SSSR count). The summed E-state index contributed by atoms with van der Waals surface area (Å²) in [5, 5.41) is 1.15. The molecule has 0 aliphatic heterocycles. The van der Waals surface area contributed by atoms with Gasteiger partial charge in [0.15, 0.2) is 0 Å². The van der Waals surface area contributed by atoms with Crippen LogP contribution in [0.3, 0.4) is 0 Å². The van der Waals surface area contributed by atoms with Crippen LogP contribution < -0.4 is 0 Å². The molecule has 1 aromatic heterocycles. The lowest BCUT2D eigenvalue weighted by atomic mass is 10.2. The molecular weight excluding hydrogens is 282 g/mol. The van der Waals surface area contributed by atoms with Crippen molar-refractivity contribution in [1.29, 1.82) is 0 Å². The van der Waals surface area contributed by atoms with Crippen molar-refractivity contribution in [1.82, 2.24) is 4.98 Å². The number of halogens is 2. The molecule has 0 aliphatic rings. The van der Waals surface area contributed by atoms with Crippen LogP contribution in [0.2, 0.25) is 0 Å². The van der Waals surface area contributed by atoms with E-state index in [1.54, 1.807) is 6.20 Å². The van der Waals surface area contributed by atoms with Gasteiger partial charge in [-0.3, -0.25) is 4.98 Å². The van der Waals surface area contributed by atoms with Gasteiger partial charge in [0.25, 0.3) is 0 Å². The highest BCUT2D eigenvalue weighted by Gasteiger charge is 1.99. The van der Waals surface area contributed by atoms with E-state index in [0.717, 1.165) is 19.8 Å². The fraction of sp³-hybridized carbons (Fsp3) is 0. The predicted molar refractivity (Wildman–Crippen MR) is 57.1 cm³/mol. The second-order valence-electron chi connectivity index (χ2n) is 2.46. The standard InChI is InChI=1S/C9H5Br2N/c10-7-4-6-2-1-3-12-9(6)5-8(7)11/h1-5H. The molecule has 1 heterocycles. The molecule has 12 heavy (non-hydrogen) atoms. The highest BCUT2D eigenvalue weighted by atomic mass is 79.9. The highest BCUT2D eigenvalue weighted by molar-refractivity contribution is 9.13. The number of aromatic nitrogens is 1. The normalized spacial score (nSPS) is 10.5. The second-order valence-corrected chi connectivity index (χ2v) is 4.17. The molecule has 0 spiro atoms. The molecule has 1 aromatic carbocycles. The van der Waals surface area contributed by atoms with Crippen LogP contribution in [0.25, 0.3) is 10.9 Å². The quantitative estimate of drug-likeness (QED) is 0.719. The Balaban J connectivity index is 2.84. The van der Waals surface area contributed by atoms with E-state index in [2.05, 4.69) is 36.8 Å². The lowest BCUT2D eigenvalue weighted by molar-refractivity contribution is 1.40. The van der Waals surface area contributed by atoms with Gasteiger partial charge in [-0.05, 0) is 50.1 Å². The first kappa shape index (κ1) is 8.20. The van der Waals surface area contributed by atoms with E-state index in [1.165, 1.54) is 0 Å². The number of hydrogen-bond acceptors (Lipinski definition) is 1. The first-order valence-corrected chi connectivity index (χ1v) is 5.06. The summed E-state index contributed by atoms with van der Waals surface area (Å²) in [5.74, 6) is 0. The average molecular weight is 287 g/mol. The van der Waals surface area contributed by atoms with Crippen LogP contribution in [0.15, 0.2) is 39.4 Å². The smallest absolute Gasteiger partial charge is 0.0713 e. The number of benzene rings is 1. The maximum Gasteiger partial charge on any atom is 0.0713 e. The summed E-state index contributed by atoms with van der Waals surface area (Å²) in [5.41, 5.74) is 1.01. The molecule has 0 fully saturated rings. The Hall–Kier alpha value is -0.410. The maximum absolute atomic E-state index is 4.23. The minimum atomic E-state index is 1.01. The van der Waals surface area contributed by atoms with Crippen molar-refractivity contribution in [3.8, 4) is 0 Å². The summed E-state index contributed by atoms with van der Waals surface area (Å²) in [4.78, 5) is 4.23. The van der Waals surface area contributed by atoms with E-state index < -0.39 is 0 Å². The zero-order valence-corrected chi connectivity index (χ0v) is 9.26. The third kappa shape index (κ3) is 1.39. The van der Waals surface area contributed by atoms with Crippen LogP contribution >= 0.6 is 31.9 Å². The molecule has 60 valence electrons. The van der Waals surface area contributed by atoms with Crippen LogP contribution in [0.1, 0.15) is 0 Å². The van der Waals surface area contributed by atoms with Crippen molar-refractivity contribution in [2.24, 2.45) is 0 Å². The SMILES string of the molecule is Brc1cc2cccnc2cc1Br. The van der Waals surface area contributed by atoms with E-state index in [9.17, 15) is 0 Å². The van der Waals surface area contributed by atoms with Gasteiger partial charge in [0, 0.05) is 20.5 Å². The van der Waals surface area contributed by atoms with Crippen LogP contribution in [-0.2, 0) is 0 Å². The molecule has 0 N–H and O–H groups in total. The zero-order valence-electron chi connectivity index (χ0n) is 6.09. The predicted octanol–water partition coefficient (Wildman–Crippen LogP) is 3.76. The monoisotopic (exact) mass is 285 g/mol. The fourth-order valence-corrected chi connectivity index (χ4v) is 1.76. The van der Waals surface area contributed by atoms with Crippen LogP contribution in [0.5, 0.6) is 0 Å². The summed E-state index contributed by atoms with van der Waals surface area (Å²) < 4.78 is 2.09. The molecule has 0 bridgehead atoms. The largest absolute Gasteiger partial charge is 0.256 e. The van der Waals surface area contributed by atoms with E-state index in [0.29, 0.717) is 0 Å². The second kappa shape index (κ2) is 3.15. The third-order valence-corrected chi connectivity index (χ3v) is 3.49. The Morgan fingerprint density at radius 2 is 1.83 bits per heavy atom. The van der Waals surface area contributed by atoms with Crippen molar-refractivity contribution in [3.63, 3.8) is 0 Å². The Labute approximate surface area is 87.1 Å². The van der Waals surface area contributed by atoms with E-state index in [1.807, 2.05) is 24.3 Å². The Morgan fingerprint density at radius 3 is 2.67 bits per heavy atom. The van der Waals surface area contributed by atoms with Crippen LogP contribution in [0, 0.1) is 0 Å². The lowest BCUT2D eigenvalue weighted by Gasteiger charge is -1.99. The fourth-order valence-electron chi connectivity index (χ4n) is 1.07. The topological polar surface area (TPSA) is 12.9 Å². The Morgan fingerprint density at radius 1 is 1.08 bits per heavy atom. The van der Waals surface area contributed by atoms with Crippen molar-refractivity contribution < 1.29 is 0 Å². The van der Waals surface area contributed by atoms with E-state index in [4.69, 9.17) is 0 Å². The molecule has 1 nitrogen and oxygen atoms in total. The molecule has 0 amide bonds. The van der Waals surface area contributed by atoms with E-state index in [-0.39, 0.29) is 0 Å². The van der Waals surface area contributed by atoms with Gasteiger partial charge in [0.2, 0.25) is 0 Å². The maximum atomic E-state index is 4.23.